The van der Waals surface area contributed by atoms with Gasteiger partial charge in [0.1, 0.15) is 36.6 Å². The largest absolute Gasteiger partial charge is 0.465 e. The van der Waals surface area contributed by atoms with Gasteiger partial charge in [-0.25, -0.2) is 0 Å². The van der Waals surface area contributed by atoms with Crippen LogP contribution in [0.4, 0.5) is 0 Å². The molecule has 3 fully saturated rings. The van der Waals surface area contributed by atoms with Crippen LogP contribution in [-0.2, 0) is 38.1 Å². The van der Waals surface area contributed by atoms with Crippen LogP contribution in [0.1, 0.15) is 54.4 Å². The van der Waals surface area contributed by atoms with Crippen molar-refractivity contribution in [3.8, 4) is 0 Å². The van der Waals surface area contributed by atoms with Gasteiger partial charge < -0.3 is 28.8 Å². The molecule has 1 N–H and O–H groups in total. The van der Waals surface area contributed by atoms with Crippen LogP contribution in [0.15, 0.2) is 11.6 Å². The topological polar surface area (TPSA) is 121 Å². The Balaban J connectivity index is 1.79. The molecular weight excluding hydrogens is 432 g/mol. The lowest BCUT2D eigenvalue weighted by molar-refractivity contribution is -0.241. The maximum absolute atomic E-state index is 12.5. The number of epoxide rings is 1. The first-order chi connectivity index (χ1) is 15.4. The third kappa shape index (κ3) is 3.51. The zero-order valence-electron chi connectivity index (χ0n) is 20.1. The fourth-order valence-corrected chi connectivity index (χ4v) is 6.26. The van der Waals surface area contributed by atoms with Gasteiger partial charge in [-0.1, -0.05) is 26.8 Å². The van der Waals surface area contributed by atoms with Crippen LogP contribution in [0, 0.1) is 16.7 Å². The zero-order valence-corrected chi connectivity index (χ0v) is 20.1. The highest BCUT2D eigenvalue weighted by Gasteiger charge is 2.86. The summed E-state index contributed by atoms with van der Waals surface area (Å²) < 4.78 is 29.4. The van der Waals surface area contributed by atoms with Crippen molar-refractivity contribution in [2.75, 3.05) is 13.2 Å². The Hall–Kier alpha value is -1.97. The van der Waals surface area contributed by atoms with Gasteiger partial charge in [0, 0.05) is 26.7 Å². The number of carbonyl (C=O) groups excluding carboxylic acids is 3. The summed E-state index contributed by atoms with van der Waals surface area (Å²) in [4.78, 5) is 36.4. The van der Waals surface area contributed by atoms with E-state index in [2.05, 4.69) is 0 Å². The molecule has 0 aromatic rings. The number of hydrogen-bond donors (Lipinski definition) is 1. The minimum Gasteiger partial charge on any atom is -0.465 e. The van der Waals surface area contributed by atoms with E-state index in [4.69, 9.17) is 23.7 Å². The SMILES string of the molecule is CC(=O)OC[C@]12CC(OC(=O)CC(C)C)C(C)=C[C@@H]1O[C@H]1C(O)C(OC(C)=O)[C@]2(C)C12CO2. The lowest BCUT2D eigenvalue weighted by Crippen LogP contribution is -2.68. The predicted molar refractivity (Wildman–Crippen MR) is 114 cm³/mol. The van der Waals surface area contributed by atoms with Crippen LogP contribution in [0.25, 0.3) is 0 Å². The number of rotatable bonds is 6. The third-order valence-corrected chi connectivity index (χ3v) is 8.00. The second-order valence-electron chi connectivity index (χ2n) is 10.5. The average molecular weight is 467 g/mol. The van der Waals surface area contributed by atoms with Crippen LogP contribution >= 0.6 is 0 Å². The quantitative estimate of drug-likeness (QED) is 0.270. The van der Waals surface area contributed by atoms with Crippen LogP contribution in [-0.4, -0.2) is 72.3 Å². The Kier molecular flexibility index (Phi) is 5.90. The van der Waals surface area contributed by atoms with E-state index >= 15 is 0 Å². The molecule has 2 saturated heterocycles. The minimum atomic E-state index is -1.11. The van der Waals surface area contributed by atoms with E-state index in [0.29, 0.717) is 6.61 Å². The molecule has 0 aromatic carbocycles. The van der Waals surface area contributed by atoms with Crippen molar-refractivity contribution in [2.24, 2.45) is 16.7 Å². The highest BCUT2D eigenvalue weighted by Crippen LogP contribution is 2.72. The molecule has 4 unspecified atom stereocenters. The number of hydrogen-bond acceptors (Lipinski definition) is 9. The molecule has 4 rings (SSSR count). The Morgan fingerprint density at radius 1 is 1.21 bits per heavy atom. The van der Waals surface area contributed by atoms with E-state index in [0.717, 1.165) is 5.57 Å². The summed E-state index contributed by atoms with van der Waals surface area (Å²) in [6, 6.07) is 0. The van der Waals surface area contributed by atoms with Gasteiger partial charge in [-0.05, 0) is 18.4 Å². The normalized spacial score (nSPS) is 43.0. The van der Waals surface area contributed by atoms with Gasteiger partial charge in [-0.2, -0.15) is 0 Å². The van der Waals surface area contributed by atoms with Crippen molar-refractivity contribution in [2.45, 2.75) is 90.5 Å². The highest BCUT2D eigenvalue weighted by molar-refractivity contribution is 5.70. The van der Waals surface area contributed by atoms with Gasteiger partial charge in [-0.3, -0.25) is 14.4 Å². The molecule has 2 heterocycles. The molecular formula is C24H34O9. The second kappa shape index (κ2) is 8.06. The molecule has 0 aromatic heterocycles. The van der Waals surface area contributed by atoms with E-state index in [1.807, 2.05) is 33.8 Å². The average Bonchev–Trinajstić information content (AvgIpc) is 3.48. The summed E-state index contributed by atoms with van der Waals surface area (Å²) in [6.45, 7) is 10.5. The van der Waals surface area contributed by atoms with Crippen molar-refractivity contribution in [1.29, 1.82) is 0 Å². The first kappa shape index (κ1) is 24.2. The van der Waals surface area contributed by atoms with Gasteiger partial charge in [0.2, 0.25) is 0 Å². The van der Waals surface area contributed by atoms with E-state index in [1.165, 1.54) is 13.8 Å². The van der Waals surface area contributed by atoms with Gasteiger partial charge in [-0.15, -0.1) is 0 Å². The maximum Gasteiger partial charge on any atom is 0.306 e. The molecule has 33 heavy (non-hydrogen) atoms. The summed E-state index contributed by atoms with van der Waals surface area (Å²) in [5.74, 6) is -1.18. The van der Waals surface area contributed by atoms with Crippen molar-refractivity contribution < 1.29 is 43.2 Å². The van der Waals surface area contributed by atoms with Gasteiger partial charge >= 0.3 is 17.9 Å². The summed E-state index contributed by atoms with van der Waals surface area (Å²) in [5.41, 5.74) is -2.00. The molecule has 9 heteroatoms. The van der Waals surface area contributed by atoms with Crippen LogP contribution in [0.2, 0.25) is 0 Å². The number of aliphatic hydroxyl groups excluding tert-OH is 1. The van der Waals surface area contributed by atoms with Crippen molar-refractivity contribution in [3.05, 3.63) is 11.6 Å². The van der Waals surface area contributed by atoms with Crippen molar-refractivity contribution >= 4 is 17.9 Å². The highest BCUT2D eigenvalue weighted by atomic mass is 16.7. The fraction of sp³-hybridized carbons (Fsp3) is 0.792. The van der Waals surface area contributed by atoms with Crippen LogP contribution in [0.3, 0.4) is 0 Å². The van der Waals surface area contributed by atoms with Gasteiger partial charge in [0.05, 0.1) is 23.5 Å². The second-order valence-corrected chi connectivity index (χ2v) is 10.5. The van der Waals surface area contributed by atoms with Crippen LogP contribution in [0.5, 0.6) is 0 Å². The smallest absolute Gasteiger partial charge is 0.306 e. The molecule has 1 spiro atoms. The van der Waals surface area contributed by atoms with Gasteiger partial charge in [0.25, 0.3) is 0 Å². The maximum atomic E-state index is 12.5. The van der Waals surface area contributed by atoms with Crippen molar-refractivity contribution in [3.63, 3.8) is 0 Å². The number of esters is 3. The molecule has 9 nitrogen and oxygen atoms in total. The molecule has 2 bridgehead atoms. The van der Waals surface area contributed by atoms with Crippen molar-refractivity contribution in [1.82, 2.24) is 0 Å². The van der Waals surface area contributed by atoms with E-state index in [9.17, 15) is 19.5 Å². The summed E-state index contributed by atoms with van der Waals surface area (Å²) in [5, 5.41) is 11.2. The van der Waals surface area contributed by atoms with Gasteiger partial charge in [0.15, 0.2) is 0 Å². The Labute approximate surface area is 193 Å². The van der Waals surface area contributed by atoms with Crippen LogP contribution < -0.4 is 0 Å². The Morgan fingerprint density at radius 2 is 1.88 bits per heavy atom. The predicted octanol–water partition coefficient (Wildman–Crippen LogP) is 1.69. The summed E-state index contributed by atoms with van der Waals surface area (Å²) in [6.07, 6.45) is -1.46. The third-order valence-electron chi connectivity index (χ3n) is 8.00. The lowest BCUT2D eigenvalue weighted by Gasteiger charge is -2.58. The molecule has 2 aliphatic heterocycles. The molecule has 8 atom stereocenters. The lowest BCUT2D eigenvalue weighted by atomic mass is 9.51. The summed E-state index contributed by atoms with van der Waals surface area (Å²) >= 11 is 0. The molecule has 2 aliphatic carbocycles. The standard InChI is InChI=1S/C24H34O9/c1-12(2)7-18(27)32-16-9-23(10-29-14(4)25)17(8-13(16)3)33-21-19(28)20(31-15(5)26)22(23,6)24(21)11-30-24/h8,12,16-17,19-21,28H,7,9-11H2,1-6H3/t16?,17-,19?,20?,21-,22-,23+,24?/m0/s1. The molecule has 0 radical (unpaired) electrons. The monoisotopic (exact) mass is 466 g/mol. The van der Waals surface area contributed by atoms with E-state index in [1.54, 1.807) is 0 Å². The van der Waals surface area contributed by atoms with E-state index in [-0.39, 0.29) is 31.3 Å². The number of fused-ring (bicyclic) bond motifs is 2. The molecule has 4 aliphatic rings. The first-order valence-electron chi connectivity index (χ1n) is 11.5. The first-order valence-corrected chi connectivity index (χ1v) is 11.5. The Morgan fingerprint density at radius 3 is 2.42 bits per heavy atom. The fourth-order valence-electron chi connectivity index (χ4n) is 6.26. The summed E-state index contributed by atoms with van der Waals surface area (Å²) in [7, 11) is 0. The molecule has 184 valence electrons. The minimum absolute atomic E-state index is 0.0617. The number of aliphatic hydroxyl groups is 1. The number of carbonyl (C=O) groups is 3. The zero-order chi connectivity index (χ0) is 24.3. The number of ether oxygens (including phenoxy) is 5. The Bertz CT molecular complexity index is 875. The molecule has 1 saturated carbocycles. The molecule has 0 amide bonds. The van der Waals surface area contributed by atoms with E-state index < -0.39 is 58.9 Å².